The number of fused-ring (bicyclic) bond motifs is 1. The van der Waals surface area contributed by atoms with Crippen molar-refractivity contribution in [2.24, 2.45) is 34.6 Å². The molecule has 6 atom stereocenters. The number of amides is 2. The molecule has 218 valence electrons. The molecule has 0 radical (unpaired) electrons. The summed E-state index contributed by atoms with van der Waals surface area (Å²) in [6.45, 7) is 7.18. The average molecular weight is 552 g/mol. The first-order valence-corrected chi connectivity index (χ1v) is 15.0. The van der Waals surface area contributed by atoms with Crippen molar-refractivity contribution in [3.63, 3.8) is 0 Å². The van der Waals surface area contributed by atoms with Crippen LogP contribution < -0.4 is 16.2 Å². The Bertz CT molecular complexity index is 1280. The first kappa shape index (κ1) is 28.8. The molecule has 1 aromatic carbocycles. The highest BCUT2D eigenvalue weighted by molar-refractivity contribution is 5.88. The van der Waals surface area contributed by atoms with Gasteiger partial charge in [0, 0.05) is 17.0 Å². The minimum atomic E-state index is -0.878. The molecule has 2 amide bonds. The van der Waals surface area contributed by atoms with E-state index in [-0.39, 0.29) is 41.8 Å². The normalized spacial score (nSPS) is 31.1. The maximum absolute atomic E-state index is 13.7. The highest BCUT2D eigenvalue weighted by Crippen LogP contribution is 2.66. The van der Waals surface area contributed by atoms with Crippen LogP contribution in [0, 0.1) is 23.2 Å². The largest absolute Gasteiger partial charge is 0.471 e. The van der Waals surface area contributed by atoms with Gasteiger partial charge in [-0.15, -0.1) is 0 Å². The van der Waals surface area contributed by atoms with Crippen LogP contribution in [0.4, 0.5) is 0 Å². The molecule has 4 bridgehead atoms. The lowest BCUT2D eigenvalue weighted by atomic mass is 9.41. The number of quaternary nitrogens is 1. The van der Waals surface area contributed by atoms with Crippen LogP contribution in [0.15, 0.2) is 30.3 Å². The number of aryl methyl sites for hydroxylation is 1. The maximum Gasteiger partial charge on any atom is 0.279 e. The number of pyridine rings is 1. The molecule has 4 saturated carbocycles. The van der Waals surface area contributed by atoms with Crippen molar-refractivity contribution in [3.05, 3.63) is 36.0 Å². The second-order valence-corrected chi connectivity index (χ2v) is 13.4. The zero-order chi connectivity index (χ0) is 28.9. The van der Waals surface area contributed by atoms with Crippen LogP contribution in [0.25, 0.3) is 10.8 Å². The molecule has 8 nitrogen and oxygen atoms in total. The zero-order valence-corrected chi connectivity index (χ0v) is 24.8. The number of hydrogen-bond acceptors (Lipinski definition) is 5. The van der Waals surface area contributed by atoms with Crippen LogP contribution >= 0.6 is 0 Å². The number of benzene rings is 1. The topological polar surface area (TPSA) is 118 Å². The fourth-order valence-electron chi connectivity index (χ4n) is 8.73. The highest BCUT2D eigenvalue weighted by atomic mass is 16.5. The van der Waals surface area contributed by atoms with E-state index in [0.29, 0.717) is 36.4 Å². The van der Waals surface area contributed by atoms with Crippen molar-refractivity contribution < 1.29 is 23.5 Å². The Kier molecular flexibility index (Phi) is 7.64. The lowest BCUT2D eigenvalue weighted by molar-refractivity contribution is -0.944. The van der Waals surface area contributed by atoms with Gasteiger partial charge < -0.3 is 25.4 Å². The first-order valence-electron chi connectivity index (χ1n) is 15.0. The number of rotatable bonds is 12. The van der Waals surface area contributed by atoms with E-state index in [9.17, 15) is 9.59 Å². The fourth-order valence-corrected chi connectivity index (χ4v) is 8.73. The van der Waals surface area contributed by atoms with Gasteiger partial charge in [0.15, 0.2) is 5.54 Å². The van der Waals surface area contributed by atoms with Crippen molar-refractivity contribution in [3.8, 4) is 5.88 Å². The third-order valence-corrected chi connectivity index (χ3v) is 10.3. The molecule has 4 N–H and O–H groups in total. The Morgan fingerprint density at radius 2 is 1.88 bits per heavy atom. The number of carbonyl (C=O) groups excluding carboxylic acids is 2. The van der Waals surface area contributed by atoms with Crippen molar-refractivity contribution in [2.75, 3.05) is 27.2 Å². The predicted molar refractivity (Wildman–Crippen MR) is 155 cm³/mol. The lowest BCUT2D eigenvalue weighted by Crippen LogP contribution is -2.82. The Morgan fingerprint density at radius 3 is 2.55 bits per heavy atom. The molecule has 0 spiro atoms. The monoisotopic (exact) mass is 551 g/mol. The Morgan fingerprint density at radius 1 is 1.12 bits per heavy atom. The summed E-state index contributed by atoms with van der Waals surface area (Å²) in [6, 6.07) is 10.3. The second kappa shape index (κ2) is 10.6. The molecule has 0 aliphatic heterocycles. The van der Waals surface area contributed by atoms with Crippen LogP contribution in [0.3, 0.4) is 0 Å². The van der Waals surface area contributed by atoms with Gasteiger partial charge in [0.2, 0.25) is 11.8 Å². The molecule has 6 rings (SSSR count). The molecule has 1 heterocycles. The number of nitrogens with zero attached hydrogens (tertiary/aromatic N) is 2. The molecule has 2 aromatic rings. The van der Waals surface area contributed by atoms with Gasteiger partial charge in [0.25, 0.3) is 5.91 Å². The molecule has 4 aliphatic rings. The summed E-state index contributed by atoms with van der Waals surface area (Å²) in [4.78, 5) is 31.4. The average Bonchev–Trinajstić information content (AvgIpc) is 2.88. The van der Waals surface area contributed by atoms with Gasteiger partial charge in [-0.2, -0.15) is 0 Å². The molecule has 4 aliphatic carbocycles. The van der Waals surface area contributed by atoms with Crippen molar-refractivity contribution in [1.82, 2.24) is 4.98 Å². The molecule has 0 saturated heterocycles. The molecule has 6 unspecified atom stereocenters. The molecular weight excluding hydrogens is 504 g/mol. The van der Waals surface area contributed by atoms with Gasteiger partial charge in [0.05, 0.1) is 37.6 Å². The molecule has 4 fully saturated rings. The van der Waals surface area contributed by atoms with Gasteiger partial charge in [-0.25, -0.2) is 4.98 Å². The quantitative estimate of drug-likeness (QED) is 0.387. The number of aromatic nitrogens is 1. The van der Waals surface area contributed by atoms with Crippen molar-refractivity contribution in [2.45, 2.75) is 83.5 Å². The summed E-state index contributed by atoms with van der Waals surface area (Å²) in [5.41, 5.74) is 12.0. The van der Waals surface area contributed by atoms with Crippen molar-refractivity contribution >= 4 is 22.6 Å². The minimum Gasteiger partial charge on any atom is -0.471 e. The van der Waals surface area contributed by atoms with Crippen LogP contribution in [-0.2, 0) is 20.7 Å². The Labute approximate surface area is 238 Å². The fraction of sp³-hybridized carbons (Fsp3) is 0.656. The summed E-state index contributed by atoms with van der Waals surface area (Å²) in [5, 5.41) is 2.11. The zero-order valence-electron chi connectivity index (χ0n) is 24.8. The molecular formula is C32H47N4O4+. The summed E-state index contributed by atoms with van der Waals surface area (Å²) in [5.74, 6) is 0.0655. The minimum absolute atomic E-state index is 0.0101. The number of likely N-dealkylation sites (N-methyl/N-ethyl adjacent to an activating group) is 1. The standard InChI is InChI=1S/C32H46N4O4/c1-6-7-11-24-16-21-10-8-9-12-25(21)28(35-24)39-14-13-36(4,5)32(30(34)38)23-15-22-17-31(18-23,29(33)37)19-26(32)27(22)40-20(2)3/h8-10,12,16,20,22-23,26-27H,6-7,11,13-15,17-19H2,1-5H3,(H3-,33,34,37,38)/p+1. The van der Waals surface area contributed by atoms with E-state index >= 15 is 0 Å². The second-order valence-electron chi connectivity index (χ2n) is 13.4. The van der Waals surface area contributed by atoms with Gasteiger partial charge >= 0.3 is 0 Å². The smallest absolute Gasteiger partial charge is 0.279 e. The number of primary amides is 2. The van der Waals surface area contributed by atoms with Gasteiger partial charge in [0.1, 0.15) is 13.2 Å². The molecule has 1 aromatic heterocycles. The summed E-state index contributed by atoms with van der Waals surface area (Å²) in [6.07, 6.45) is 5.69. The third kappa shape index (κ3) is 4.57. The number of carbonyl (C=O) groups is 2. The number of hydrogen-bond donors (Lipinski definition) is 2. The van der Waals surface area contributed by atoms with E-state index in [1.54, 1.807) is 0 Å². The number of nitrogens with two attached hydrogens (primary N) is 2. The molecule has 8 heteroatoms. The van der Waals surface area contributed by atoms with Crippen LogP contribution in [0.5, 0.6) is 5.88 Å². The van der Waals surface area contributed by atoms with E-state index in [0.717, 1.165) is 48.6 Å². The Balaban J connectivity index is 1.44. The van der Waals surface area contributed by atoms with Gasteiger partial charge in [-0.3, -0.25) is 9.59 Å². The van der Waals surface area contributed by atoms with Crippen LogP contribution in [0.1, 0.15) is 65.0 Å². The lowest BCUT2D eigenvalue weighted by Gasteiger charge is -2.68. The van der Waals surface area contributed by atoms with E-state index in [1.165, 1.54) is 0 Å². The van der Waals surface area contributed by atoms with Crippen molar-refractivity contribution in [1.29, 1.82) is 0 Å². The van der Waals surface area contributed by atoms with Crippen LogP contribution in [0.2, 0.25) is 0 Å². The Hall–Kier alpha value is -2.71. The predicted octanol–water partition coefficient (Wildman–Crippen LogP) is 3.97. The summed E-state index contributed by atoms with van der Waals surface area (Å²) >= 11 is 0. The number of unbranched alkanes of at least 4 members (excludes halogenated alkanes) is 1. The summed E-state index contributed by atoms with van der Waals surface area (Å²) in [7, 11) is 4.17. The first-order chi connectivity index (χ1) is 18.9. The SMILES string of the molecule is CCCCc1cc2ccccc2c(OCC[N+](C)(C)C2(C(N)=O)C3CC4CC(C(N)=O)(C3)CC2C4OC(C)C)n1. The van der Waals surface area contributed by atoms with Gasteiger partial charge in [-0.05, 0) is 75.8 Å². The molecule has 40 heavy (non-hydrogen) atoms. The van der Waals surface area contributed by atoms with E-state index in [4.69, 9.17) is 25.9 Å². The van der Waals surface area contributed by atoms with E-state index < -0.39 is 11.0 Å². The summed E-state index contributed by atoms with van der Waals surface area (Å²) < 4.78 is 13.3. The van der Waals surface area contributed by atoms with E-state index in [1.807, 2.05) is 32.0 Å². The third-order valence-electron chi connectivity index (χ3n) is 10.3. The number of ether oxygens (including phenoxy) is 2. The maximum atomic E-state index is 13.7. The van der Waals surface area contributed by atoms with Crippen LogP contribution in [-0.4, -0.2) is 66.3 Å². The highest BCUT2D eigenvalue weighted by Gasteiger charge is 2.75. The van der Waals surface area contributed by atoms with Gasteiger partial charge in [-0.1, -0.05) is 31.5 Å². The van der Waals surface area contributed by atoms with E-state index in [2.05, 4.69) is 33.2 Å².